The summed E-state index contributed by atoms with van der Waals surface area (Å²) in [5.74, 6) is 0.318. The fourth-order valence-corrected chi connectivity index (χ4v) is 2.68. The number of piperidine rings is 1. The van der Waals surface area contributed by atoms with Crippen LogP contribution in [0.5, 0.6) is 0 Å². The molecule has 3 N–H and O–H groups in total. The van der Waals surface area contributed by atoms with Gasteiger partial charge in [-0.15, -0.1) is 0 Å². The lowest BCUT2D eigenvalue weighted by molar-refractivity contribution is -0.127. The first-order chi connectivity index (χ1) is 10.4. The van der Waals surface area contributed by atoms with E-state index in [1.54, 1.807) is 18.5 Å². The summed E-state index contributed by atoms with van der Waals surface area (Å²) in [5.41, 5.74) is 1.84. The minimum absolute atomic E-state index is 0.0165. The number of amides is 2. The third kappa shape index (κ3) is 3.66. The lowest BCUT2D eigenvalue weighted by Crippen LogP contribution is -2.39. The van der Waals surface area contributed by atoms with E-state index >= 15 is 0 Å². The summed E-state index contributed by atoms with van der Waals surface area (Å²) < 4.78 is 5.51. The Balaban J connectivity index is 1.98. The third-order valence-electron chi connectivity index (χ3n) is 4.16. The van der Waals surface area contributed by atoms with Crippen LogP contribution in [0.15, 0.2) is 10.5 Å². The van der Waals surface area contributed by atoms with Gasteiger partial charge in [-0.05, 0) is 52.9 Å². The van der Waals surface area contributed by atoms with Crippen molar-refractivity contribution in [2.45, 2.75) is 32.7 Å². The Labute approximate surface area is 129 Å². The number of hydrogen-bond acceptors (Lipinski definition) is 5. The number of nitrogens with zero attached hydrogens (tertiary/aromatic N) is 1. The van der Waals surface area contributed by atoms with E-state index in [-0.39, 0.29) is 23.4 Å². The quantitative estimate of drug-likeness (QED) is 0.574. The molecule has 2 amide bonds. The molecule has 122 valence electrons. The molecule has 0 radical (unpaired) electrons. The maximum atomic E-state index is 12.3. The van der Waals surface area contributed by atoms with Gasteiger partial charge in [-0.2, -0.15) is 0 Å². The summed E-state index contributed by atoms with van der Waals surface area (Å²) in [6.45, 7) is 5.30. The SMILES string of the molecule is Cc1oc(C(C)NC(=O)C2CCN(C)CC2)cc1C(=O)NO. The summed E-state index contributed by atoms with van der Waals surface area (Å²) in [7, 11) is 2.05. The molecule has 1 aromatic rings. The molecule has 1 fully saturated rings. The third-order valence-corrected chi connectivity index (χ3v) is 4.16. The topological polar surface area (TPSA) is 94.8 Å². The van der Waals surface area contributed by atoms with Gasteiger partial charge in [0.25, 0.3) is 5.91 Å². The Hall–Kier alpha value is -1.86. The molecule has 1 unspecified atom stereocenters. The van der Waals surface area contributed by atoms with E-state index in [9.17, 15) is 9.59 Å². The molecule has 1 aliphatic rings. The number of nitrogens with one attached hydrogen (secondary N) is 2. The normalized spacial score (nSPS) is 18.0. The maximum Gasteiger partial charge on any atom is 0.278 e. The van der Waals surface area contributed by atoms with Crippen molar-refractivity contribution in [3.63, 3.8) is 0 Å². The number of likely N-dealkylation sites (tertiary alicyclic amines) is 1. The second kappa shape index (κ2) is 6.93. The highest BCUT2D eigenvalue weighted by Gasteiger charge is 2.26. The molecule has 0 spiro atoms. The van der Waals surface area contributed by atoms with Gasteiger partial charge in [-0.1, -0.05) is 0 Å². The Morgan fingerprint density at radius 2 is 2.05 bits per heavy atom. The Kier molecular flexibility index (Phi) is 5.20. The van der Waals surface area contributed by atoms with Gasteiger partial charge in [0, 0.05) is 5.92 Å². The van der Waals surface area contributed by atoms with E-state index in [0.29, 0.717) is 11.5 Å². The highest BCUT2D eigenvalue weighted by molar-refractivity contribution is 5.94. The average Bonchev–Trinajstić information content (AvgIpc) is 2.89. The predicted molar refractivity (Wildman–Crippen MR) is 79.5 cm³/mol. The summed E-state index contributed by atoms with van der Waals surface area (Å²) in [6.07, 6.45) is 1.70. The van der Waals surface area contributed by atoms with Crippen molar-refractivity contribution < 1.29 is 19.2 Å². The van der Waals surface area contributed by atoms with Crippen molar-refractivity contribution in [1.82, 2.24) is 15.7 Å². The summed E-state index contributed by atoms with van der Waals surface area (Å²) in [6, 6.07) is 1.21. The van der Waals surface area contributed by atoms with Crippen LogP contribution in [-0.2, 0) is 4.79 Å². The van der Waals surface area contributed by atoms with Gasteiger partial charge >= 0.3 is 0 Å². The van der Waals surface area contributed by atoms with Crippen LogP contribution in [0.2, 0.25) is 0 Å². The van der Waals surface area contributed by atoms with Crippen LogP contribution in [0.3, 0.4) is 0 Å². The van der Waals surface area contributed by atoms with Crippen molar-refractivity contribution in [3.8, 4) is 0 Å². The second-order valence-corrected chi connectivity index (χ2v) is 5.87. The van der Waals surface area contributed by atoms with Crippen molar-refractivity contribution in [2.24, 2.45) is 5.92 Å². The van der Waals surface area contributed by atoms with Crippen LogP contribution >= 0.6 is 0 Å². The van der Waals surface area contributed by atoms with Crippen molar-refractivity contribution >= 4 is 11.8 Å². The van der Waals surface area contributed by atoms with E-state index in [1.807, 2.05) is 6.92 Å². The van der Waals surface area contributed by atoms with Gasteiger partial charge in [0.1, 0.15) is 11.5 Å². The number of furan rings is 1. The van der Waals surface area contributed by atoms with Crippen LogP contribution < -0.4 is 10.8 Å². The summed E-state index contributed by atoms with van der Waals surface area (Å²) >= 11 is 0. The maximum absolute atomic E-state index is 12.3. The first-order valence-electron chi connectivity index (χ1n) is 7.46. The zero-order valence-electron chi connectivity index (χ0n) is 13.2. The average molecular weight is 309 g/mol. The van der Waals surface area contributed by atoms with E-state index in [2.05, 4.69) is 17.3 Å². The molecule has 2 heterocycles. The molecule has 0 bridgehead atoms. The van der Waals surface area contributed by atoms with E-state index in [4.69, 9.17) is 9.62 Å². The molecule has 0 aromatic carbocycles. The number of carbonyl (C=O) groups is 2. The predicted octanol–water partition coefficient (Wildman–Crippen LogP) is 1.23. The van der Waals surface area contributed by atoms with E-state index in [1.165, 1.54) is 0 Å². The van der Waals surface area contributed by atoms with Crippen molar-refractivity contribution in [1.29, 1.82) is 0 Å². The highest BCUT2D eigenvalue weighted by atomic mass is 16.5. The molecule has 2 rings (SSSR count). The van der Waals surface area contributed by atoms with E-state index < -0.39 is 5.91 Å². The van der Waals surface area contributed by atoms with Gasteiger partial charge in [-0.25, -0.2) is 5.48 Å². The van der Waals surface area contributed by atoms with Crippen LogP contribution in [0.25, 0.3) is 0 Å². The molecular weight excluding hydrogens is 286 g/mol. The number of rotatable bonds is 4. The van der Waals surface area contributed by atoms with Gasteiger partial charge in [0.15, 0.2) is 0 Å². The Morgan fingerprint density at radius 3 is 2.64 bits per heavy atom. The fraction of sp³-hybridized carbons (Fsp3) is 0.600. The van der Waals surface area contributed by atoms with Gasteiger partial charge < -0.3 is 14.6 Å². The monoisotopic (exact) mass is 309 g/mol. The minimum atomic E-state index is -0.624. The van der Waals surface area contributed by atoms with Gasteiger partial charge in [0.2, 0.25) is 5.91 Å². The number of hydrogen-bond donors (Lipinski definition) is 3. The number of aryl methyl sites for hydroxylation is 1. The minimum Gasteiger partial charge on any atom is -0.463 e. The lowest BCUT2D eigenvalue weighted by atomic mass is 9.96. The summed E-state index contributed by atoms with van der Waals surface area (Å²) in [4.78, 5) is 25.9. The first-order valence-corrected chi connectivity index (χ1v) is 7.46. The van der Waals surface area contributed by atoms with Gasteiger partial charge in [-0.3, -0.25) is 14.8 Å². The molecule has 1 aromatic heterocycles. The van der Waals surface area contributed by atoms with E-state index in [0.717, 1.165) is 25.9 Å². The Morgan fingerprint density at radius 1 is 1.41 bits per heavy atom. The van der Waals surface area contributed by atoms with Crippen molar-refractivity contribution in [2.75, 3.05) is 20.1 Å². The smallest absolute Gasteiger partial charge is 0.278 e. The van der Waals surface area contributed by atoms with Crippen molar-refractivity contribution in [3.05, 3.63) is 23.2 Å². The molecular formula is C15H23N3O4. The standard InChI is InChI=1S/C15H23N3O4/c1-9(13-8-12(10(2)22-13)15(20)17-21)16-14(19)11-4-6-18(3)7-5-11/h8-9,11,21H,4-7H2,1-3H3,(H,16,19)(H,17,20). The molecule has 1 saturated heterocycles. The Bertz CT molecular complexity index is 547. The first kappa shape index (κ1) is 16.5. The lowest BCUT2D eigenvalue weighted by Gasteiger charge is -2.28. The molecule has 0 saturated carbocycles. The van der Waals surface area contributed by atoms with Crippen LogP contribution in [0.1, 0.15) is 47.7 Å². The zero-order valence-corrected chi connectivity index (χ0v) is 13.2. The largest absolute Gasteiger partial charge is 0.463 e. The number of hydroxylamine groups is 1. The fourth-order valence-electron chi connectivity index (χ4n) is 2.68. The second-order valence-electron chi connectivity index (χ2n) is 5.87. The molecule has 1 atom stereocenters. The number of carbonyl (C=O) groups excluding carboxylic acids is 2. The molecule has 7 heteroatoms. The van der Waals surface area contributed by atoms with Crippen LogP contribution in [0.4, 0.5) is 0 Å². The van der Waals surface area contributed by atoms with Gasteiger partial charge in [0.05, 0.1) is 11.6 Å². The highest BCUT2D eigenvalue weighted by Crippen LogP contribution is 2.22. The zero-order chi connectivity index (χ0) is 16.3. The molecule has 0 aliphatic carbocycles. The molecule has 22 heavy (non-hydrogen) atoms. The molecule has 1 aliphatic heterocycles. The molecule has 7 nitrogen and oxygen atoms in total. The van der Waals surface area contributed by atoms with Crippen LogP contribution in [-0.4, -0.2) is 42.1 Å². The van der Waals surface area contributed by atoms with Crippen LogP contribution in [0, 0.1) is 12.8 Å². The summed E-state index contributed by atoms with van der Waals surface area (Å²) in [5, 5.41) is 11.6.